The van der Waals surface area contributed by atoms with Crippen LogP contribution >= 0.6 is 11.8 Å². The van der Waals surface area contributed by atoms with Crippen LogP contribution in [0.4, 0.5) is 4.39 Å². The van der Waals surface area contributed by atoms with E-state index in [1.807, 2.05) is 18.2 Å². The average Bonchev–Trinajstić information content (AvgIpc) is 3.22. The lowest BCUT2D eigenvalue weighted by molar-refractivity contribution is 0.167. The van der Waals surface area contributed by atoms with Crippen LogP contribution in [0.1, 0.15) is 43.6 Å². The fraction of sp³-hybridized carbons (Fsp3) is 0.391. The van der Waals surface area contributed by atoms with Crippen molar-refractivity contribution in [2.45, 2.75) is 43.1 Å². The number of rotatable bonds is 7. The Bertz CT molecular complexity index is 970. The molecule has 0 radical (unpaired) electrons. The lowest BCUT2D eigenvalue weighted by atomic mass is 10.1. The van der Waals surface area contributed by atoms with Crippen LogP contribution in [-0.2, 0) is 5.75 Å². The van der Waals surface area contributed by atoms with E-state index in [1.54, 1.807) is 31.0 Å². The summed E-state index contributed by atoms with van der Waals surface area (Å²) in [4.78, 5) is 2.46. The summed E-state index contributed by atoms with van der Waals surface area (Å²) in [6, 6.07) is 14.7. The van der Waals surface area contributed by atoms with Gasteiger partial charge in [0.1, 0.15) is 11.6 Å². The summed E-state index contributed by atoms with van der Waals surface area (Å²) >= 11 is 1.61. The number of aromatic nitrogens is 3. The second-order valence-electron chi connectivity index (χ2n) is 7.53. The maximum Gasteiger partial charge on any atom is 0.196 e. The maximum absolute atomic E-state index is 13.6. The number of benzene rings is 2. The predicted octanol–water partition coefficient (Wildman–Crippen LogP) is 5.25. The van der Waals surface area contributed by atoms with Crippen molar-refractivity contribution in [1.29, 1.82) is 0 Å². The number of likely N-dealkylation sites (tertiary alicyclic amines) is 1. The van der Waals surface area contributed by atoms with E-state index in [9.17, 15) is 4.39 Å². The first-order chi connectivity index (χ1) is 14.7. The number of hydrogen-bond acceptors (Lipinski definition) is 5. The molecular formula is C23H27FN4OS. The Hall–Kier alpha value is -2.38. The highest BCUT2D eigenvalue weighted by molar-refractivity contribution is 7.98. The number of piperidine rings is 1. The molecule has 0 amide bonds. The third-order valence-corrected chi connectivity index (χ3v) is 6.58. The molecule has 0 aliphatic carbocycles. The molecule has 1 fully saturated rings. The minimum atomic E-state index is -0.249. The molecular weight excluding hydrogens is 399 g/mol. The van der Waals surface area contributed by atoms with Gasteiger partial charge in [-0.15, -0.1) is 10.2 Å². The molecule has 0 bridgehead atoms. The van der Waals surface area contributed by atoms with Crippen LogP contribution in [0.2, 0.25) is 0 Å². The van der Waals surface area contributed by atoms with Crippen LogP contribution in [0.25, 0.3) is 5.69 Å². The van der Waals surface area contributed by atoms with Gasteiger partial charge in [0.25, 0.3) is 0 Å². The van der Waals surface area contributed by atoms with Gasteiger partial charge in [-0.1, -0.05) is 36.4 Å². The summed E-state index contributed by atoms with van der Waals surface area (Å²) in [7, 11) is 1.68. The van der Waals surface area contributed by atoms with Gasteiger partial charge >= 0.3 is 0 Å². The highest BCUT2D eigenvalue weighted by atomic mass is 32.2. The minimum absolute atomic E-state index is 0.142. The van der Waals surface area contributed by atoms with E-state index >= 15 is 0 Å². The SMILES string of the molecule is COc1ccccc1CSc1nnc([C@H](C)N2CCCCC2)n1-c1ccc(F)cc1. The lowest BCUT2D eigenvalue weighted by Crippen LogP contribution is -2.33. The summed E-state index contributed by atoms with van der Waals surface area (Å²) in [5.41, 5.74) is 1.98. The molecule has 0 unspecified atom stereocenters. The molecule has 1 aliphatic rings. The smallest absolute Gasteiger partial charge is 0.196 e. The highest BCUT2D eigenvalue weighted by Crippen LogP contribution is 2.32. The van der Waals surface area contributed by atoms with Gasteiger partial charge in [-0.2, -0.15) is 0 Å². The fourth-order valence-corrected chi connectivity index (χ4v) is 4.86. The highest BCUT2D eigenvalue weighted by Gasteiger charge is 2.25. The van der Waals surface area contributed by atoms with Gasteiger partial charge in [-0.05, 0) is 63.2 Å². The van der Waals surface area contributed by atoms with Crippen LogP contribution in [-0.4, -0.2) is 39.9 Å². The normalized spacial score (nSPS) is 15.8. The summed E-state index contributed by atoms with van der Waals surface area (Å²) in [6.45, 7) is 4.33. The molecule has 2 aromatic carbocycles. The van der Waals surface area contributed by atoms with E-state index in [-0.39, 0.29) is 11.9 Å². The number of para-hydroxylation sites is 1. The van der Waals surface area contributed by atoms with Crippen LogP contribution in [0.5, 0.6) is 5.75 Å². The zero-order chi connectivity index (χ0) is 20.9. The molecule has 1 saturated heterocycles. The van der Waals surface area contributed by atoms with Crippen molar-refractivity contribution in [2.75, 3.05) is 20.2 Å². The van der Waals surface area contributed by atoms with Crippen LogP contribution < -0.4 is 4.74 Å². The van der Waals surface area contributed by atoms with Gasteiger partial charge < -0.3 is 4.74 Å². The van der Waals surface area contributed by atoms with Crippen molar-refractivity contribution in [3.05, 3.63) is 65.7 Å². The van der Waals surface area contributed by atoms with E-state index in [1.165, 1.54) is 31.4 Å². The van der Waals surface area contributed by atoms with Gasteiger partial charge in [0.05, 0.1) is 13.2 Å². The number of halogens is 1. The largest absolute Gasteiger partial charge is 0.496 e. The Morgan fingerprint density at radius 1 is 1.03 bits per heavy atom. The molecule has 30 heavy (non-hydrogen) atoms. The van der Waals surface area contributed by atoms with Gasteiger partial charge in [0.2, 0.25) is 0 Å². The van der Waals surface area contributed by atoms with Crippen molar-refractivity contribution >= 4 is 11.8 Å². The standard InChI is InChI=1S/C23H27FN4OS/c1-17(27-14-6-3-7-15-27)22-25-26-23(28(22)20-12-10-19(24)11-13-20)30-16-18-8-4-5-9-21(18)29-2/h4-5,8-13,17H,3,6-7,14-16H2,1-2H3/t17-/m0/s1. The first-order valence-corrected chi connectivity index (χ1v) is 11.4. The van der Waals surface area contributed by atoms with E-state index in [2.05, 4.69) is 32.7 Å². The zero-order valence-corrected chi connectivity index (χ0v) is 18.2. The van der Waals surface area contributed by atoms with E-state index in [4.69, 9.17) is 4.74 Å². The Kier molecular flexibility index (Phi) is 6.69. The summed E-state index contributed by atoms with van der Waals surface area (Å²) in [5.74, 6) is 2.22. The van der Waals surface area contributed by atoms with Crippen molar-refractivity contribution < 1.29 is 9.13 Å². The van der Waals surface area contributed by atoms with E-state index in [0.717, 1.165) is 41.1 Å². The van der Waals surface area contributed by atoms with E-state index in [0.29, 0.717) is 5.75 Å². The third-order valence-electron chi connectivity index (χ3n) is 5.60. The molecule has 1 atom stereocenters. The third kappa shape index (κ3) is 4.52. The maximum atomic E-state index is 13.6. The van der Waals surface area contributed by atoms with Crippen molar-refractivity contribution in [1.82, 2.24) is 19.7 Å². The monoisotopic (exact) mass is 426 g/mol. The number of nitrogens with zero attached hydrogens (tertiary/aromatic N) is 4. The molecule has 3 aromatic rings. The summed E-state index contributed by atoms with van der Waals surface area (Å²) in [6.07, 6.45) is 3.71. The molecule has 0 N–H and O–H groups in total. The van der Waals surface area contributed by atoms with Crippen molar-refractivity contribution in [2.24, 2.45) is 0 Å². The molecule has 158 valence electrons. The van der Waals surface area contributed by atoms with Gasteiger partial charge in [0, 0.05) is 17.0 Å². The molecule has 7 heteroatoms. The minimum Gasteiger partial charge on any atom is -0.496 e. The molecule has 2 heterocycles. The van der Waals surface area contributed by atoms with Gasteiger partial charge in [0.15, 0.2) is 11.0 Å². The zero-order valence-electron chi connectivity index (χ0n) is 17.4. The molecule has 1 aromatic heterocycles. The molecule has 0 spiro atoms. The Morgan fingerprint density at radius 2 is 1.77 bits per heavy atom. The second kappa shape index (κ2) is 9.62. The topological polar surface area (TPSA) is 43.2 Å². The second-order valence-corrected chi connectivity index (χ2v) is 8.47. The lowest BCUT2D eigenvalue weighted by Gasteiger charge is -2.31. The summed E-state index contributed by atoms with van der Waals surface area (Å²) in [5, 5.41) is 9.88. The molecule has 4 rings (SSSR count). The quantitative estimate of drug-likeness (QED) is 0.483. The molecule has 1 aliphatic heterocycles. The van der Waals surface area contributed by atoms with Crippen molar-refractivity contribution in [3.8, 4) is 11.4 Å². The number of methoxy groups -OCH3 is 1. The van der Waals surface area contributed by atoms with Crippen LogP contribution in [0.15, 0.2) is 53.7 Å². The Morgan fingerprint density at radius 3 is 2.50 bits per heavy atom. The van der Waals surface area contributed by atoms with Crippen LogP contribution in [0, 0.1) is 5.82 Å². The average molecular weight is 427 g/mol. The van der Waals surface area contributed by atoms with Gasteiger partial charge in [-0.25, -0.2) is 4.39 Å². The molecule has 0 saturated carbocycles. The number of thioether (sulfide) groups is 1. The fourth-order valence-electron chi connectivity index (χ4n) is 3.91. The summed E-state index contributed by atoms with van der Waals surface area (Å²) < 4.78 is 21.1. The predicted molar refractivity (Wildman–Crippen MR) is 118 cm³/mol. The molecule has 5 nitrogen and oxygen atoms in total. The van der Waals surface area contributed by atoms with Gasteiger partial charge in [-0.3, -0.25) is 9.47 Å². The Balaban J connectivity index is 1.66. The number of hydrogen-bond donors (Lipinski definition) is 0. The first-order valence-electron chi connectivity index (χ1n) is 10.4. The van der Waals surface area contributed by atoms with Crippen LogP contribution in [0.3, 0.4) is 0 Å². The first kappa shape index (κ1) is 20.9. The number of ether oxygens (including phenoxy) is 1. The van der Waals surface area contributed by atoms with Crippen molar-refractivity contribution in [3.63, 3.8) is 0 Å². The van der Waals surface area contributed by atoms with E-state index < -0.39 is 0 Å². The Labute approximate surface area is 181 Å².